The lowest BCUT2D eigenvalue weighted by Gasteiger charge is -2.12. The molecule has 0 aliphatic rings. The van der Waals surface area contributed by atoms with Crippen LogP contribution in [0, 0.1) is 0 Å². The highest BCUT2D eigenvalue weighted by molar-refractivity contribution is 14.0. The van der Waals surface area contributed by atoms with Crippen molar-refractivity contribution in [3.8, 4) is 11.5 Å². The van der Waals surface area contributed by atoms with Crippen molar-refractivity contribution in [2.24, 2.45) is 10.7 Å². The second-order valence-corrected chi connectivity index (χ2v) is 3.99. The smallest absolute Gasteiger partial charge is 0.242 e. The lowest BCUT2D eigenvalue weighted by Crippen LogP contribution is -2.29. The van der Waals surface area contributed by atoms with Crippen LogP contribution in [-0.2, 0) is 4.79 Å². The molecule has 0 aromatic heterocycles. The normalized spacial score (nSPS) is 10.2. The minimum Gasteiger partial charge on any atom is -0.497 e. The quantitative estimate of drug-likeness (QED) is 0.268. The van der Waals surface area contributed by atoms with Crippen molar-refractivity contribution in [1.82, 2.24) is 5.32 Å². The molecule has 22 heavy (non-hydrogen) atoms. The molecule has 0 saturated carbocycles. The summed E-state index contributed by atoms with van der Waals surface area (Å²) in [5.41, 5.74) is 6.34. The molecule has 122 valence electrons. The van der Waals surface area contributed by atoms with Crippen LogP contribution in [-0.4, -0.2) is 39.2 Å². The Balaban J connectivity index is 0.00000441. The first-order valence-corrected chi connectivity index (χ1v) is 6.27. The Labute approximate surface area is 147 Å². The predicted molar refractivity (Wildman–Crippen MR) is 98.3 cm³/mol. The van der Waals surface area contributed by atoms with Crippen LogP contribution < -0.4 is 25.8 Å². The maximum atomic E-state index is 11.4. The highest BCUT2D eigenvalue weighted by Crippen LogP contribution is 2.28. The molecule has 1 amide bonds. The van der Waals surface area contributed by atoms with Crippen molar-refractivity contribution >= 4 is 41.5 Å². The number of methoxy groups -OCH3 is 2. The van der Waals surface area contributed by atoms with Gasteiger partial charge in [-0.1, -0.05) is 6.08 Å². The summed E-state index contributed by atoms with van der Waals surface area (Å²) in [4.78, 5) is 15.3. The van der Waals surface area contributed by atoms with Gasteiger partial charge in [0.05, 0.1) is 19.9 Å². The van der Waals surface area contributed by atoms with E-state index in [1.165, 1.54) is 0 Å². The Morgan fingerprint density at radius 2 is 2.14 bits per heavy atom. The third-order valence-electron chi connectivity index (χ3n) is 2.51. The van der Waals surface area contributed by atoms with E-state index in [0.29, 0.717) is 23.7 Å². The van der Waals surface area contributed by atoms with E-state index in [1.54, 1.807) is 38.5 Å². The number of ether oxygens (including phenoxy) is 2. The zero-order valence-corrected chi connectivity index (χ0v) is 14.9. The molecule has 1 aromatic rings. The number of rotatable bonds is 7. The molecule has 0 aliphatic carbocycles. The van der Waals surface area contributed by atoms with E-state index in [9.17, 15) is 4.79 Å². The van der Waals surface area contributed by atoms with E-state index in [1.807, 2.05) is 0 Å². The largest absolute Gasteiger partial charge is 0.497 e. The van der Waals surface area contributed by atoms with Crippen molar-refractivity contribution in [2.45, 2.75) is 0 Å². The Morgan fingerprint density at radius 1 is 1.41 bits per heavy atom. The Hall–Kier alpha value is -1.97. The molecule has 1 aromatic carbocycles. The van der Waals surface area contributed by atoms with Crippen LogP contribution in [0.15, 0.2) is 35.8 Å². The second-order valence-electron chi connectivity index (χ2n) is 3.99. The summed E-state index contributed by atoms with van der Waals surface area (Å²) in [6.07, 6.45) is 1.59. The molecule has 0 radical (unpaired) electrons. The van der Waals surface area contributed by atoms with E-state index in [2.05, 4.69) is 22.2 Å². The first kappa shape index (κ1) is 20.0. The van der Waals surface area contributed by atoms with Crippen LogP contribution in [0.2, 0.25) is 0 Å². The standard InChI is InChI=1S/C14H20N4O3.HI/c1-4-7-16-13(19)9-17-14(15)18-11-8-10(20-2)5-6-12(11)21-3;/h4-6,8H,1,7,9H2,2-3H3,(H,16,19)(H3,15,17,18);1H. The van der Waals surface area contributed by atoms with Gasteiger partial charge >= 0.3 is 0 Å². The number of hydrogen-bond acceptors (Lipinski definition) is 4. The van der Waals surface area contributed by atoms with Crippen molar-refractivity contribution in [1.29, 1.82) is 0 Å². The van der Waals surface area contributed by atoms with Crippen molar-refractivity contribution in [3.63, 3.8) is 0 Å². The number of nitrogens with zero attached hydrogens (tertiary/aromatic N) is 1. The van der Waals surface area contributed by atoms with Crippen LogP contribution >= 0.6 is 24.0 Å². The first-order valence-electron chi connectivity index (χ1n) is 6.27. The predicted octanol–water partition coefficient (Wildman–Crippen LogP) is 1.35. The van der Waals surface area contributed by atoms with Gasteiger partial charge in [0.15, 0.2) is 5.96 Å². The molecule has 8 heteroatoms. The minimum atomic E-state index is -0.239. The average molecular weight is 420 g/mol. The number of carbonyl (C=O) groups is 1. The third-order valence-corrected chi connectivity index (χ3v) is 2.51. The fraction of sp³-hybridized carbons (Fsp3) is 0.286. The second kappa shape index (κ2) is 10.7. The fourth-order valence-corrected chi connectivity index (χ4v) is 1.49. The molecular formula is C14H21IN4O3. The van der Waals surface area contributed by atoms with E-state index in [4.69, 9.17) is 15.2 Å². The average Bonchev–Trinajstić information content (AvgIpc) is 2.50. The van der Waals surface area contributed by atoms with Crippen LogP contribution in [0.5, 0.6) is 11.5 Å². The van der Waals surface area contributed by atoms with Gasteiger partial charge < -0.3 is 25.8 Å². The van der Waals surface area contributed by atoms with Crippen molar-refractivity contribution in [3.05, 3.63) is 30.9 Å². The maximum absolute atomic E-state index is 11.4. The Morgan fingerprint density at radius 3 is 2.73 bits per heavy atom. The van der Waals surface area contributed by atoms with Crippen LogP contribution in [0.4, 0.5) is 5.69 Å². The zero-order valence-electron chi connectivity index (χ0n) is 12.6. The van der Waals surface area contributed by atoms with Gasteiger partial charge in [0.1, 0.15) is 18.0 Å². The van der Waals surface area contributed by atoms with Gasteiger partial charge in [-0.2, -0.15) is 0 Å². The Kier molecular flexibility index (Phi) is 9.75. The number of guanidine groups is 1. The monoisotopic (exact) mass is 420 g/mol. The summed E-state index contributed by atoms with van der Waals surface area (Å²) in [7, 11) is 3.11. The summed E-state index contributed by atoms with van der Waals surface area (Å²) in [5, 5.41) is 5.47. The van der Waals surface area contributed by atoms with Gasteiger partial charge in [-0.05, 0) is 12.1 Å². The summed E-state index contributed by atoms with van der Waals surface area (Å²) < 4.78 is 10.3. The van der Waals surface area contributed by atoms with Gasteiger partial charge in [-0.3, -0.25) is 4.79 Å². The molecule has 0 fully saturated rings. The number of nitrogens with two attached hydrogens (primary N) is 1. The summed E-state index contributed by atoms with van der Waals surface area (Å²) in [6, 6.07) is 5.23. The van der Waals surface area contributed by atoms with Gasteiger partial charge in [-0.25, -0.2) is 4.99 Å². The maximum Gasteiger partial charge on any atom is 0.242 e. The van der Waals surface area contributed by atoms with Crippen LogP contribution in [0.1, 0.15) is 0 Å². The number of hydrogen-bond donors (Lipinski definition) is 3. The highest BCUT2D eigenvalue weighted by atomic mass is 127. The summed E-state index contributed by atoms with van der Waals surface area (Å²) in [5.74, 6) is 1.10. The molecule has 0 atom stereocenters. The van der Waals surface area contributed by atoms with Gasteiger partial charge in [0, 0.05) is 12.6 Å². The van der Waals surface area contributed by atoms with Crippen molar-refractivity contribution < 1.29 is 14.3 Å². The number of halogens is 1. The fourth-order valence-electron chi connectivity index (χ4n) is 1.49. The molecular weight excluding hydrogens is 399 g/mol. The molecule has 0 heterocycles. The lowest BCUT2D eigenvalue weighted by molar-refractivity contribution is -0.119. The van der Waals surface area contributed by atoms with Gasteiger partial charge in [0.25, 0.3) is 0 Å². The van der Waals surface area contributed by atoms with E-state index >= 15 is 0 Å². The number of nitrogens with one attached hydrogen (secondary N) is 2. The molecule has 0 aliphatic heterocycles. The van der Waals surface area contributed by atoms with Gasteiger partial charge in [-0.15, -0.1) is 30.6 Å². The molecule has 4 N–H and O–H groups in total. The molecule has 0 saturated heterocycles. The zero-order chi connectivity index (χ0) is 15.7. The number of benzene rings is 1. The van der Waals surface area contributed by atoms with Crippen LogP contribution in [0.25, 0.3) is 0 Å². The highest BCUT2D eigenvalue weighted by Gasteiger charge is 2.06. The van der Waals surface area contributed by atoms with Gasteiger partial charge in [0.2, 0.25) is 5.91 Å². The number of carbonyl (C=O) groups excluding carboxylic acids is 1. The number of aliphatic imine (C=N–C) groups is 1. The summed E-state index contributed by atoms with van der Waals surface area (Å²) >= 11 is 0. The molecule has 7 nitrogen and oxygen atoms in total. The first-order chi connectivity index (χ1) is 10.1. The number of anilines is 1. The molecule has 1 rings (SSSR count). The SMILES string of the molecule is C=CCNC(=O)CN=C(N)Nc1cc(OC)ccc1OC.I. The molecule has 0 unspecified atom stereocenters. The van der Waals surface area contributed by atoms with Crippen molar-refractivity contribution in [2.75, 3.05) is 32.6 Å². The van der Waals surface area contributed by atoms with E-state index in [-0.39, 0.29) is 42.4 Å². The topological polar surface area (TPSA) is 98.0 Å². The lowest BCUT2D eigenvalue weighted by atomic mass is 10.2. The minimum absolute atomic E-state index is 0. The third kappa shape index (κ3) is 6.66. The van der Waals surface area contributed by atoms with Crippen LogP contribution in [0.3, 0.4) is 0 Å². The van der Waals surface area contributed by atoms with E-state index < -0.39 is 0 Å². The summed E-state index contributed by atoms with van der Waals surface area (Å²) in [6.45, 7) is 3.83. The molecule has 0 bridgehead atoms. The van der Waals surface area contributed by atoms with E-state index in [0.717, 1.165) is 0 Å². The number of amides is 1. The molecule has 0 spiro atoms. The Bertz CT molecular complexity index is 535.